The molecule has 0 amide bonds. The number of benzene rings is 5. The summed E-state index contributed by atoms with van der Waals surface area (Å²) in [5, 5.41) is 2.34. The maximum absolute atomic E-state index is 15.6. The van der Waals surface area contributed by atoms with Crippen molar-refractivity contribution in [1.29, 1.82) is 0 Å². The molecule has 0 fully saturated rings. The molecule has 5 aromatic carbocycles. The fourth-order valence-electron chi connectivity index (χ4n) is 5.87. The van der Waals surface area contributed by atoms with Crippen LogP contribution in [0.5, 0.6) is 11.5 Å². The third kappa shape index (κ3) is 2.97. The molecule has 1 aromatic heterocycles. The zero-order valence-corrected chi connectivity index (χ0v) is 21.6. The average Bonchev–Trinajstić information content (AvgIpc) is 3.26. The Morgan fingerprint density at radius 3 is 2.38 bits per heavy atom. The van der Waals surface area contributed by atoms with Crippen molar-refractivity contribution in [2.45, 2.75) is 0 Å². The number of para-hydroxylation sites is 2. The zero-order chi connectivity index (χ0) is 24.7. The molecule has 0 N–H and O–H groups in total. The van der Waals surface area contributed by atoms with Gasteiger partial charge >= 0.3 is 218 Å². The molecular formula is C30H18BF2IN2O. The van der Waals surface area contributed by atoms with Crippen LogP contribution in [0.15, 0.2) is 112 Å². The molecule has 0 aliphatic carbocycles. The minimum atomic E-state index is -5.62. The number of rotatable bonds is 2. The molecule has 2 aliphatic heterocycles. The summed E-state index contributed by atoms with van der Waals surface area (Å²) in [6.07, 6.45) is 0. The third-order valence-electron chi connectivity index (χ3n) is 7.33. The molecule has 37 heavy (non-hydrogen) atoms. The number of hydrogen-bond acceptors (Lipinski definition) is 2. The van der Waals surface area contributed by atoms with Crippen LogP contribution in [0.25, 0.3) is 27.5 Å². The Bertz CT molecular complexity index is 1960. The molecule has 0 bridgehead atoms. The second-order valence-electron chi connectivity index (χ2n) is 9.33. The molecule has 7 heteroatoms. The first-order chi connectivity index (χ1) is 18.1. The van der Waals surface area contributed by atoms with E-state index in [9.17, 15) is 0 Å². The molecule has 0 saturated carbocycles. The van der Waals surface area contributed by atoms with Gasteiger partial charge in [0.1, 0.15) is 0 Å². The van der Waals surface area contributed by atoms with Crippen LogP contribution < -0.4 is 21.1 Å². The zero-order valence-electron chi connectivity index (χ0n) is 19.4. The molecule has 0 unspecified atom stereocenters. The van der Waals surface area contributed by atoms with Crippen molar-refractivity contribution < 1.29 is 10.5 Å². The van der Waals surface area contributed by atoms with E-state index in [1.165, 1.54) is 11.5 Å². The van der Waals surface area contributed by atoms with Gasteiger partial charge in [-0.25, -0.2) is 0 Å². The summed E-state index contributed by atoms with van der Waals surface area (Å²) < 4.78 is 43.8. The summed E-state index contributed by atoms with van der Waals surface area (Å²) in [5.41, 5.74) is 6.49. The second kappa shape index (κ2) is 7.58. The normalized spacial score (nSPS) is 13.7. The van der Waals surface area contributed by atoms with Gasteiger partial charge in [0.15, 0.2) is 0 Å². The SMILES string of the molecule is FI(F)(=Nc1ccccc1)c1ccc2c(c1)B1c3c(cccc3-n3c4ccccc4c4cccc1c43)O2. The van der Waals surface area contributed by atoms with Crippen LogP contribution in [-0.2, 0) is 0 Å². The van der Waals surface area contributed by atoms with Gasteiger partial charge in [-0.05, 0) is 0 Å². The molecule has 0 radical (unpaired) electrons. The molecule has 6 aromatic rings. The van der Waals surface area contributed by atoms with Crippen molar-refractivity contribution in [3.63, 3.8) is 0 Å². The molecular weight excluding hydrogens is 580 g/mol. The van der Waals surface area contributed by atoms with Crippen molar-refractivity contribution in [1.82, 2.24) is 4.57 Å². The van der Waals surface area contributed by atoms with Crippen LogP contribution in [0.3, 0.4) is 0 Å². The Morgan fingerprint density at radius 1 is 0.703 bits per heavy atom. The van der Waals surface area contributed by atoms with Crippen LogP contribution >= 0.6 is 19.4 Å². The van der Waals surface area contributed by atoms with Gasteiger partial charge in [0, 0.05) is 0 Å². The fraction of sp³-hybridized carbons (Fsp3) is 0. The molecule has 0 saturated heterocycles. The number of nitrogens with zero attached hydrogens (tertiary/aromatic N) is 2. The van der Waals surface area contributed by atoms with Gasteiger partial charge in [-0.1, -0.05) is 0 Å². The number of fused-ring (bicyclic) bond motifs is 7. The van der Waals surface area contributed by atoms with Gasteiger partial charge in [-0.2, -0.15) is 0 Å². The average molecular weight is 598 g/mol. The van der Waals surface area contributed by atoms with Gasteiger partial charge < -0.3 is 0 Å². The van der Waals surface area contributed by atoms with Crippen LogP contribution in [0.2, 0.25) is 0 Å². The van der Waals surface area contributed by atoms with E-state index >= 15 is 5.72 Å². The summed E-state index contributed by atoms with van der Waals surface area (Å²) in [4.78, 5) is 0. The molecule has 0 atom stereocenters. The Labute approximate surface area is 217 Å². The quantitative estimate of drug-likeness (QED) is 0.153. The first kappa shape index (κ1) is 21.3. The van der Waals surface area contributed by atoms with Crippen LogP contribution in [0.1, 0.15) is 0 Å². The number of hydrogen-bond donors (Lipinski definition) is 0. The molecule has 178 valence electrons. The Hall–Kier alpha value is -3.85. The molecule has 2 aliphatic rings. The van der Waals surface area contributed by atoms with Crippen molar-refractivity contribution in [3.05, 3.63) is 113 Å². The summed E-state index contributed by atoms with van der Waals surface area (Å²) >= 11 is -5.62. The Balaban J connectivity index is 1.42. The van der Waals surface area contributed by atoms with E-state index in [1.54, 1.807) is 42.5 Å². The van der Waals surface area contributed by atoms with E-state index in [0.717, 1.165) is 44.2 Å². The van der Waals surface area contributed by atoms with Crippen molar-refractivity contribution >= 4 is 70.0 Å². The van der Waals surface area contributed by atoms with Gasteiger partial charge in [0.2, 0.25) is 0 Å². The molecule has 3 nitrogen and oxygen atoms in total. The topological polar surface area (TPSA) is 26.5 Å². The predicted octanol–water partition coefficient (Wildman–Crippen LogP) is 7.22. The van der Waals surface area contributed by atoms with E-state index in [0.29, 0.717) is 11.4 Å². The predicted molar refractivity (Wildman–Crippen MR) is 155 cm³/mol. The third-order valence-corrected chi connectivity index (χ3v) is 10.7. The minimum absolute atomic E-state index is 0.0253. The molecule has 8 rings (SSSR count). The fourth-order valence-corrected chi connectivity index (χ4v) is 8.49. The summed E-state index contributed by atoms with van der Waals surface area (Å²) in [5.74, 6) is 1.39. The van der Waals surface area contributed by atoms with Gasteiger partial charge in [-0.15, -0.1) is 0 Å². The van der Waals surface area contributed by atoms with Gasteiger partial charge in [0.25, 0.3) is 0 Å². The molecule has 0 spiro atoms. The number of aromatic nitrogens is 1. The van der Waals surface area contributed by atoms with E-state index in [2.05, 4.69) is 50.2 Å². The van der Waals surface area contributed by atoms with E-state index < -0.39 is 19.4 Å². The maximum atomic E-state index is 15.6. The number of halogens is 3. The Morgan fingerprint density at radius 2 is 1.49 bits per heavy atom. The molecule has 3 heterocycles. The van der Waals surface area contributed by atoms with Crippen LogP contribution in [0, 0.1) is 3.57 Å². The van der Waals surface area contributed by atoms with Crippen molar-refractivity contribution in [2.75, 3.05) is 0 Å². The number of ether oxygens (including phenoxy) is 1. The van der Waals surface area contributed by atoms with Crippen LogP contribution in [0.4, 0.5) is 11.4 Å². The first-order valence-corrected chi connectivity index (χ1v) is 15.7. The Kier molecular flexibility index (Phi) is 4.36. The van der Waals surface area contributed by atoms with E-state index in [1.807, 2.05) is 18.2 Å². The van der Waals surface area contributed by atoms with E-state index in [4.69, 9.17) is 4.74 Å². The van der Waals surface area contributed by atoms with Crippen molar-refractivity contribution in [3.8, 4) is 17.2 Å². The summed E-state index contributed by atoms with van der Waals surface area (Å²) in [7, 11) is 0. The second-order valence-corrected chi connectivity index (χ2v) is 13.4. The van der Waals surface area contributed by atoms with Crippen molar-refractivity contribution in [2.24, 2.45) is 3.15 Å². The monoisotopic (exact) mass is 598 g/mol. The van der Waals surface area contributed by atoms with E-state index in [-0.39, 0.29) is 10.3 Å². The van der Waals surface area contributed by atoms with Crippen LogP contribution in [-0.4, -0.2) is 11.3 Å². The summed E-state index contributed by atoms with van der Waals surface area (Å²) in [6.45, 7) is -0.205. The van der Waals surface area contributed by atoms with Gasteiger partial charge in [0.05, 0.1) is 0 Å². The van der Waals surface area contributed by atoms with Gasteiger partial charge in [-0.3, -0.25) is 0 Å². The first-order valence-electron chi connectivity index (χ1n) is 12.0. The standard InChI is InChI=1S/C30H18BF2IN2O/c32-34(33,35-20-8-2-1-3-9-20)19-16-17-27-24(18-19)31-23-12-6-11-22-21-10-4-5-13-25(21)36(30(22)23)26-14-7-15-28(37-27)29(26)31/h1-18H. The summed E-state index contributed by atoms with van der Waals surface area (Å²) in [6, 6.07) is 34.2.